The van der Waals surface area contributed by atoms with Gasteiger partial charge in [-0.05, 0) is 49.8 Å². The van der Waals surface area contributed by atoms with Crippen LogP contribution in [-0.4, -0.2) is 13.1 Å². The van der Waals surface area contributed by atoms with E-state index in [0.717, 1.165) is 11.6 Å². The maximum absolute atomic E-state index is 9.18. The molecular formula is C15H19ClN2. The highest BCUT2D eigenvalue weighted by molar-refractivity contribution is 6.30. The van der Waals surface area contributed by atoms with E-state index in [1.54, 1.807) is 12.1 Å². The summed E-state index contributed by atoms with van der Waals surface area (Å²) in [5.41, 5.74) is 1.67. The lowest BCUT2D eigenvalue weighted by atomic mass is 9.86. The zero-order chi connectivity index (χ0) is 13.1. The van der Waals surface area contributed by atoms with Gasteiger partial charge in [0.2, 0.25) is 0 Å². The van der Waals surface area contributed by atoms with Gasteiger partial charge in [-0.25, -0.2) is 0 Å². The molecule has 0 spiro atoms. The molecule has 1 aromatic carbocycles. The molecule has 1 saturated carbocycles. The predicted molar refractivity (Wildman–Crippen MR) is 76.0 cm³/mol. The maximum atomic E-state index is 9.18. The molecule has 0 aromatic heterocycles. The molecule has 18 heavy (non-hydrogen) atoms. The molecule has 96 valence electrons. The smallest absolute Gasteiger partial charge is 0.101 e. The summed E-state index contributed by atoms with van der Waals surface area (Å²) < 4.78 is 0. The van der Waals surface area contributed by atoms with Gasteiger partial charge in [0.15, 0.2) is 0 Å². The van der Waals surface area contributed by atoms with Crippen LogP contribution in [0.3, 0.4) is 0 Å². The summed E-state index contributed by atoms with van der Waals surface area (Å²) in [6, 6.07) is 8.27. The number of nitrogens with zero attached hydrogens (tertiary/aromatic N) is 2. The van der Waals surface area contributed by atoms with E-state index >= 15 is 0 Å². The summed E-state index contributed by atoms with van der Waals surface area (Å²) in [6.45, 7) is 2.32. The second-order valence-electron chi connectivity index (χ2n) is 5.30. The molecule has 1 fully saturated rings. The van der Waals surface area contributed by atoms with E-state index in [1.807, 2.05) is 6.07 Å². The molecule has 0 heterocycles. The van der Waals surface area contributed by atoms with Gasteiger partial charge in [-0.15, -0.1) is 0 Å². The molecular weight excluding hydrogens is 244 g/mol. The van der Waals surface area contributed by atoms with Crippen molar-refractivity contribution in [1.29, 1.82) is 5.26 Å². The van der Waals surface area contributed by atoms with Crippen molar-refractivity contribution < 1.29 is 0 Å². The first-order valence-electron chi connectivity index (χ1n) is 6.54. The predicted octanol–water partition coefficient (Wildman–Crippen LogP) is 4.23. The van der Waals surface area contributed by atoms with Crippen molar-refractivity contribution in [3.05, 3.63) is 28.8 Å². The lowest BCUT2D eigenvalue weighted by Gasteiger charge is -2.35. The Balaban J connectivity index is 2.20. The van der Waals surface area contributed by atoms with Crippen molar-refractivity contribution in [1.82, 2.24) is 0 Å². The van der Waals surface area contributed by atoms with Crippen molar-refractivity contribution >= 4 is 17.3 Å². The van der Waals surface area contributed by atoms with Gasteiger partial charge in [-0.3, -0.25) is 0 Å². The van der Waals surface area contributed by atoms with Crippen LogP contribution in [0, 0.1) is 17.2 Å². The molecule has 0 radical (unpaired) electrons. The summed E-state index contributed by atoms with van der Waals surface area (Å²) in [7, 11) is 2.08. The fraction of sp³-hybridized carbons (Fsp3) is 0.533. The van der Waals surface area contributed by atoms with Crippen LogP contribution < -0.4 is 4.90 Å². The number of nitriles is 1. The lowest BCUT2D eigenvalue weighted by Crippen LogP contribution is -2.35. The highest BCUT2D eigenvalue weighted by atomic mass is 35.5. The quantitative estimate of drug-likeness (QED) is 0.798. The second-order valence-corrected chi connectivity index (χ2v) is 5.73. The number of benzene rings is 1. The van der Waals surface area contributed by atoms with Crippen LogP contribution in [0.15, 0.2) is 18.2 Å². The molecule has 0 unspecified atom stereocenters. The normalized spacial score (nSPS) is 23.4. The SMILES string of the molecule is CC1CCC(N(C)c2cc(Cl)ccc2C#N)CC1. The van der Waals surface area contributed by atoms with Gasteiger partial charge in [0.05, 0.1) is 11.3 Å². The largest absolute Gasteiger partial charge is 0.371 e. The van der Waals surface area contributed by atoms with Crippen LogP contribution in [0.4, 0.5) is 5.69 Å². The third kappa shape index (κ3) is 2.79. The van der Waals surface area contributed by atoms with Crippen LogP contribution in [0.1, 0.15) is 38.2 Å². The Morgan fingerprint density at radius 2 is 1.94 bits per heavy atom. The van der Waals surface area contributed by atoms with Gasteiger partial charge >= 0.3 is 0 Å². The molecule has 2 rings (SSSR count). The molecule has 1 aliphatic carbocycles. The molecule has 0 atom stereocenters. The zero-order valence-electron chi connectivity index (χ0n) is 11.0. The zero-order valence-corrected chi connectivity index (χ0v) is 11.7. The van der Waals surface area contributed by atoms with Crippen molar-refractivity contribution in [2.24, 2.45) is 5.92 Å². The topological polar surface area (TPSA) is 27.0 Å². The first-order chi connectivity index (χ1) is 8.61. The molecule has 3 heteroatoms. The minimum Gasteiger partial charge on any atom is -0.371 e. The molecule has 2 nitrogen and oxygen atoms in total. The maximum Gasteiger partial charge on any atom is 0.101 e. The molecule has 0 bridgehead atoms. The fourth-order valence-electron chi connectivity index (χ4n) is 2.72. The van der Waals surface area contributed by atoms with Crippen LogP contribution >= 0.6 is 11.6 Å². The third-order valence-corrected chi connectivity index (χ3v) is 4.23. The summed E-state index contributed by atoms with van der Waals surface area (Å²) in [6.07, 6.45) is 4.96. The number of rotatable bonds is 2. The van der Waals surface area contributed by atoms with E-state index in [1.165, 1.54) is 25.7 Å². The van der Waals surface area contributed by atoms with Crippen LogP contribution in [0.5, 0.6) is 0 Å². The van der Waals surface area contributed by atoms with Crippen LogP contribution in [0.25, 0.3) is 0 Å². The second kappa shape index (κ2) is 5.63. The van der Waals surface area contributed by atoms with Gasteiger partial charge in [-0.2, -0.15) is 5.26 Å². The van der Waals surface area contributed by atoms with Gasteiger partial charge in [-0.1, -0.05) is 18.5 Å². The van der Waals surface area contributed by atoms with Crippen molar-refractivity contribution in [3.8, 4) is 6.07 Å². The molecule has 0 N–H and O–H groups in total. The standard InChI is InChI=1S/C15H19ClN2/c1-11-3-7-14(8-4-11)18(2)15-9-13(16)6-5-12(15)10-17/h5-6,9,11,14H,3-4,7-8H2,1-2H3. The highest BCUT2D eigenvalue weighted by Crippen LogP contribution is 2.32. The Morgan fingerprint density at radius 1 is 1.28 bits per heavy atom. The molecule has 0 saturated heterocycles. The minimum absolute atomic E-state index is 0.534. The third-order valence-electron chi connectivity index (χ3n) is 3.99. The monoisotopic (exact) mass is 262 g/mol. The van der Waals surface area contributed by atoms with E-state index < -0.39 is 0 Å². The van der Waals surface area contributed by atoms with Gasteiger partial charge in [0.1, 0.15) is 6.07 Å². The van der Waals surface area contributed by atoms with E-state index in [0.29, 0.717) is 16.6 Å². The van der Waals surface area contributed by atoms with Gasteiger partial charge in [0, 0.05) is 18.1 Å². The first kappa shape index (κ1) is 13.2. The number of anilines is 1. The van der Waals surface area contributed by atoms with Crippen molar-refractivity contribution in [3.63, 3.8) is 0 Å². The molecule has 1 aromatic rings. The summed E-state index contributed by atoms with van der Waals surface area (Å²) in [4.78, 5) is 2.23. The highest BCUT2D eigenvalue weighted by Gasteiger charge is 2.23. The summed E-state index contributed by atoms with van der Waals surface area (Å²) in [5, 5.41) is 9.87. The Bertz CT molecular complexity index is 456. The molecule has 0 aliphatic heterocycles. The van der Waals surface area contributed by atoms with Gasteiger partial charge < -0.3 is 4.90 Å². The van der Waals surface area contributed by atoms with Crippen molar-refractivity contribution in [2.45, 2.75) is 38.6 Å². The summed E-state index contributed by atoms with van der Waals surface area (Å²) in [5.74, 6) is 0.837. The van der Waals surface area contributed by atoms with E-state index in [2.05, 4.69) is 24.9 Å². The molecule has 1 aliphatic rings. The number of hydrogen-bond acceptors (Lipinski definition) is 2. The molecule has 0 amide bonds. The fourth-order valence-corrected chi connectivity index (χ4v) is 2.88. The Hall–Kier alpha value is -1.20. The van der Waals surface area contributed by atoms with Crippen molar-refractivity contribution in [2.75, 3.05) is 11.9 Å². The number of hydrogen-bond donors (Lipinski definition) is 0. The van der Waals surface area contributed by atoms with E-state index in [9.17, 15) is 5.26 Å². The number of halogens is 1. The van der Waals surface area contributed by atoms with Crippen LogP contribution in [0.2, 0.25) is 5.02 Å². The minimum atomic E-state index is 0.534. The first-order valence-corrected chi connectivity index (χ1v) is 6.92. The Morgan fingerprint density at radius 3 is 2.56 bits per heavy atom. The van der Waals surface area contributed by atoms with E-state index in [4.69, 9.17) is 11.6 Å². The van der Waals surface area contributed by atoms with E-state index in [-0.39, 0.29) is 0 Å². The lowest BCUT2D eigenvalue weighted by molar-refractivity contribution is 0.340. The summed E-state index contributed by atoms with van der Waals surface area (Å²) >= 11 is 6.04. The average molecular weight is 263 g/mol. The Labute approximate surface area is 114 Å². The van der Waals surface area contributed by atoms with Gasteiger partial charge in [0.25, 0.3) is 0 Å². The average Bonchev–Trinajstić information content (AvgIpc) is 2.39. The Kier molecular flexibility index (Phi) is 4.14. The van der Waals surface area contributed by atoms with Crippen LogP contribution in [-0.2, 0) is 0 Å².